The SMILES string of the molecule is COC(C)(C)CCOC1CCC(NC(C)C)(C(N)=O)C1. The molecule has 1 amide bonds. The standard InChI is InChI=1S/C15H30N2O3/c1-11(2)17-15(13(16)18)7-6-12(10-15)20-9-8-14(3,4)19-5/h11-12,17H,6-10H2,1-5H3,(H2,16,18). The molecule has 0 saturated heterocycles. The summed E-state index contributed by atoms with van der Waals surface area (Å²) < 4.78 is 11.3. The molecule has 1 fully saturated rings. The summed E-state index contributed by atoms with van der Waals surface area (Å²) in [5.41, 5.74) is 4.81. The maximum Gasteiger partial charge on any atom is 0.237 e. The van der Waals surface area contributed by atoms with Crippen LogP contribution in [0.1, 0.15) is 53.4 Å². The second-order valence-electron chi connectivity index (χ2n) is 6.69. The molecule has 5 heteroatoms. The molecule has 0 heterocycles. The molecule has 0 aromatic heterocycles. The van der Waals surface area contributed by atoms with Gasteiger partial charge in [-0.2, -0.15) is 0 Å². The Kier molecular flexibility index (Phi) is 5.98. The van der Waals surface area contributed by atoms with E-state index in [9.17, 15) is 4.79 Å². The molecule has 5 nitrogen and oxygen atoms in total. The topological polar surface area (TPSA) is 73.6 Å². The lowest BCUT2D eigenvalue weighted by molar-refractivity contribution is -0.125. The van der Waals surface area contributed by atoms with Crippen molar-refractivity contribution in [3.8, 4) is 0 Å². The fraction of sp³-hybridized carbons (Fsp3) is 0.933. The Morgan fingerprint density at radius 3 is 2.65 bits per heavy atom. The van der Waals surface area contributed by atoms with Crippen molar-refractivity contribution < 1.29 is 14.3 Å². The zero-order chi connectivity index (χ0) is 15.4. The normalized spacial score (nSPS) is 27.2. The molecule has 1 aliphatic rings. The lowest BCUT2D eigenvalue weighted by atomic mass is 9.95. The zero-order valence-electron chi connectivity index (χ0n) is 13.5. The van der Waals surface area contributed by atoms with Crippen LogP contribution >= 0.6 is 0 Å². The van der Waals surface area contributed by atoms with Crippen LogP contribution in [0.3, 0.4) is 0 Å². The number of methoxy groups -OCH3 is 1. The average molecular weight is 286 g/mol. The van der Waals surface area contributed by atoms with E-state index in [1.807, 2.05) is 27.7 Å². The van der Waals surface area contributed by atoms with Gasteiger partial charge in [-0.3, -0.25) is 4.79 Å². The molecule has 20 heavy (non-hydrogen) atoms. The van der Waals surface area contributed by atoms with Crippen molar-refractivity contribution in [2.45, 2.75) is 76.7 Å². The summed E-state index contributed by atoms with van der Waals surface area (Å²) in [4.78, 5) is 11.8. The first-order valence-corrected chi connectivity index (χ1v) is 7.45. The molecule has 0 spiro atoms. The van der Waals surface area contributed by atoms with E-state index >= 15 is 0 Å². The largest absolute Gasteiger partial charge is 0.379 e. The Balaban J connectivity index is 2.47. The van der Waals surface area contributed by atoms with Crippen molar-refractivity contribution in [2.24, 2.45) is 5.73 Å². The predicted molar refractivity (Wildman–Crippen MR) is 79.5 cm³/mol. The van der Waals surface area contributed by atoms with Crippen LogP contribution in [0, 0.1) is 0 Å². The van der Waals surface area contributed by atoms with Crippen LogP contribution in [0.15, 0.2) is 0 Å². The lowest BCUT2D eigenvalue weighted by Crippen LogP contribution is -2.56. The number of primary amides is 1. The smallest absolute Gasteiger partial charge is 0.237 e. The predicted octanol–water partition coefficient (Wildman–Crippen LogP) is 1.59. The molecule has 1 saturated carbocycles. The summed E-state index contributed by atoms with van der Waals surface area (Å²) >= 11 is 0. The Morgan fingerprint density at radius 1 is 1.50 bits per heavy atom. The van der Waals surface area contributed by atoms with Crippen molar-refractivity contribution in [1.29, 1.82) is 0 Å². The van der Waals surface area contributed by atoms with Gasteiger partial charge in [0.15, 0.2) is 0 Å². The van der Waals surface area contributed by atoms with Gasteiger partial charge in [-0.1, -0.05) is 0 Å². The first-order valence-electron chi connectivity index (χ1n) is 7.45. The first kappa shape index (κ1) is 17.4. The van der Waals surface area contributed by atoms with Crippen LogP contribution < -0.4 is 11.1 Å². The van der Waals surface area contributed by atoms with E-state index < -0.39 is 5.54 Å². The Hall–Kier alpha value is -0.650. The molecular weight excluding hydrogens is 256 g/mol. The number of hydrogen-bond acceptors (Lipinski definition) is 4. The maximum atomic E-state index is 11.8. The quantitative estimate of drug-likeness (QED) is 0.710. The van der Waals surface area contributed by atoms with Crippen LogP contribution in [0.2, 0.25) is 0 Å². The molecule has 2 atom stereocenters. The molecule has 0 aromatic carbocycles. The van der Waals surface area contributed by atoms with Gasteiger partial charge in [0.25, 0.3) is 0 Å². The van der Waals surface area contributed by atoms with Crippen LogP contribution in [0.5, 0.6) is 0 Å². The molecule has 118 valence electrons. The van der Waals surface area contributed by atoms with Gasteiger partial charge in [-0.05, 0) is 47.0 Å². The van der Waals surface area contributed by atoms with Crippen molar-refractivity contribution in [3.63, 3.8) is 0 Å². The molecule has 0 bridgehead atoms. The first-order chi connectivity index (χ1) is 9.21. The van der Waals surface area contributed by atoms with Crippen molar-refractivity contribution in [1.82, 2.24) is 5.32 Å². The van der Waals surface area contributed by atoms with Gasteiger partial charge in [0.05, 0.1) is 11.7 Å². The summed E-state index contributed by atoms with van der Waals surface area (Å²) in [6.07, 6.45) is 3.21. The fourth-order valence-electron chi connectivity index (χ4n) is 2.69. The van der Waals surface area contributed by atoms with Gasteiger partial charge in [-0.15, -0.1) is 0 Å². The second-order valence-corrected chi connectivity index (χ2v) is 6.69. The van der Waals surface area contributed by atoms with E-state index in [1.165, 1.54) is 0 Å². The van der Waals surface area contributed by atoms with Crippen molar-refractivity contribution >= 4 is 5.91 Å². The summed E-state index contributed by atoms with van der Waals surface area (Å²) in [7, 11) is 1.71. The van der Waals surface area contributed by atoms with E-state index in [1.54, 1.807) is 7.11 Å². The van der Waals surface area contributed by atoms with E-state index in [0.717, 1.165) is 19.3 Å². The summed E-state index contributed by atoms with van der Waals surface area (Å²) in [6, 6.07) is 0.230. The highest BCUT2D eigenvalue weighted by molar-refractivity contribution is 5.85. The van der Waals surface area contributed by atoms with Crippen LogP contribution in [-0.4, -0.2) is 42.9 Å². The fourth-order valence-corrected chi connectivity index (χ4v) is 2.69. The molecule has 1 aliphatic carbocycles. The van der Waals surface area contributed by atoms with Gasteiger partial charge >= 0.3 is 0 Å². The van der Waals surface area contributed by atoms with E-state index in [4.69, 9.17) is 15.2 Å². The third kappa shape index (κ3) is 4.72. The number of hydrogen-bond donors (Lipinski definition) is 2. The molecule has 0 aromatic rings. The Morgan fingerprint density at radius 2 is 2.15 bits per heavy atom. The minimum absolute atomic E-state index is 0.0985. The van der Waals surface area contributed by atoms with Gasteiger partial charge in [0.2, 0.25) is 5.91 Å². The highest BCUT2D eigenvalue weighted by Crippen LogP contribution is 2.32. The van der Waals surface area contributed by atoms with Crippen LogP contribution in [-0.2, 0) is 14.3 Å². The summed E-state index contributed by atoms with van der Waals surface area (Å²) in [5.74, 6) is -0.269. The summed E-state index contributed by atoms with van der Waals surface area (Å²) in [6.45, 7) is 8.78. The average Bonchev–Trinajstić information content (AvgIpc) is 2.73. The van der Waals surface area contributed by atoms with E-state index in [2.05, 4.69) is 5.32 Å². The zero-order valence-corrected chi connectivity index (χ0v) is 13.5. The molecule has 1 rings (SSSR count). The second kappa shape index (κ2) is 6.87. The summed E-state index contributed by atoms with van der Waals surface area (Å²) in [5, 5.41) is 3.32. The van der Waals surface area contributed by atoms with Crippen LogP contribution in [0.25, 0.3) is 0 Å². The van der Waals surface area contributed by atoms with Gasteiger partial charge in [0.1, 0.15) is 5.54 Å². The number of carbonyl (C=O) groups excluding carboxylic acids is 1. The third-order valence-electron chi connectivity index (χ3n) is 4.12. The number of nitrogens with two attached hydrogens (primary N) is 1. The third-order valence-corrected chi connectivity index (χ3v) is 4.12. The van der Waals surface area contributed by atoms with Crippen molar-refractivity contribution in [2.75, 3.05) is 13.7 Å². The van der Waals surface area contributed by atoms with Gasteiger partial charge in [0, 0.05) is 26.2 Å². The minimum Gasteiger partial charge on any atom is -0.379 e. The number of amides is 1. The van der Waals surface area contributed by atoms with Gasteiger partial charge in [-0.25, -0.2) is 0 Å². The Labute approximate surface area is 122 Å². The number of nitrogens with one attached hydrogen (secondary N) is 1. The monoisotopic (exact) mass is 286 g/mol. The molecule has 0 radical (unpaired) electrons. The number of carbonyl (C=O) groups is 1. The highest BCUT2D eigenvalue weighted by atomic mass is 16.5. The number of rotatable bonds is 8. The number of ether oxygens (including phenoxy) is 2. The molecule has 2 unspecified atom stereocenters. The Bertz CT molecular complexity index is 331. The van der Waals surface area contributed by atoms with E-state index in [0.29, 0.717) is 13.0 Å². The maximum absolute atomic E-state index is 11.8. The minimum atomic E-state index is -0.602. The molecule has 0 aliphatic heterocycles. The lowest BCUT2D eigenvalue weighted by Gasteiger charge is -2.29. The molecule has 3 N–H and O–H groups in total. The van der Waals surface area contributed by atoms with E-state index in [-0.39, 0.29) is 23.7 Å². The highest BCUT2D eigenvalue weighted by Gasteiger charge is 2.44. The van der Waals surface area contributed by atoms with Gasteiger partial charge < -0.3 is 20.5 Å². The molecular formula is C15H30N2O3. The van der Waals surface area contributed by atoms with Crippen molar-refractivity contribution in [3.05, 3.63) is 0 Å². The van der Waals surface area contributed by atoms with Crippen LogP contribution in [0.4, 0.5) is 0 Å².